The summed E-state index contributed by atoms with van der Waals surface area (Å²) in [6.45, 7) is 4.56. The van der Waals surface area contributed by atoms with Crippen LogP contribution in [0.4, 0.5) is 0 Å². The maximum atomic E-state index is 12.1. The number of Topliss-reactive ketones (excluding diaryl/α,β-unsaturated/α-hetero) is 1. The molecular weight excluding hydrogens is 448 g/mol. The summed E-state index contributed by atoms with van der Waals surface area (Å²) >= 11 is 0. The number of carbonyl (C=O) groups is 1. The Labute approximate surface area is 234 Å². The van der Waals surface area contributed by atoms with Crippen molar-refractivity contribution in [3.8, 4) is 0 Å². The van der Waals surface area contributed by atoms with E-state index in [0.717, 1.165) is 19.3 Å². The van der Waals surface area contributed by atoms with E-state index >= 15 is 0 Å². The van der Waals surface area contributed by atoms with Gasteiger partial charge in [0, 0.05) is 12.8 Å². The zero-order valence-corrected chi connectivity index (χ0v) is 25.6. The van der Waals surface area contributed by atoms with E-state index in [9.17, 15) is 4.79 Å². The van der Waals surface area contributed by atoms with Crippen LogP contribution in [0.1, 0.15) is 194 Å². The second-order valence-corrected chi connectivity index (χ2v) is 11.4. The summed E-state index contributed by atoms with van der Waals surface area (Å²) in [5.41, 5.74) is 0. The third kappa shape index (κ3) is 33.1. The Kier molecular flexibility index (Phi) is 32.4. The smallest absolute Gasteiger partial charge is 0.136 e. The maximum absolute atomic E-state index is 12.1. The first kappa shape index (κ1) is 36.1. The first-order chi connectivity index (χ1) is 18.3. The van der Waals surface area contributed by atoms with Gasteiger partial charge in [-0.1, -0.05) is 147 Å². The molecule has 0 spiro atoms. The number of hydrogen-bond acceptors (Lipinski definition) is 1. The Morgan fingerprint density at radius 1 is 0.378 bits per heavy atom. The Bertz CT molecular complexity index is 489. The van der Waals surface area contributed by atoms with Crippen LogP contribution in [0, 0.1) is 6.42 Å². The van der Waals surface area contributed by atoms with Crippen molar-refractivity contribution >= 4 is 5.78 Å². The van der Waals surface area contributed by atoms with E-state index in [2.05, 4.69) is 38.2 Å². The van der Waals surface area contributed by atoms with Crippen molar-refractivity contribution in [1.29, 1.82) is 0 Å². The van der Waals surface area contributed by atoms with Gasteiger partial charge in [-0.2, -0.15) is 0 Å². The highest BCUT2D eigenvalue weighted by atomic mass is 16.1. The van der Waals surface area contributed by atoms with Crippen molar-refractivity contribution in [2.45, 2.75) is 194 Å². The summed E-state index contributed by atoms with van der Waals surface area (Å²) < 4.78 is 0. The number of rotatable bonds is 31. The molecule has 0 N–H and O–H groups in total. The minimum Gasteiger partial charge on any atom is -0.299 e. The third-order valence-corrected chi connectivity index (χ3v) is 7.52. The molecule has 0 aliphatic rings. The molecule has 1 radical (unpaired) electrons. The summed E-state index contributed by atoms with van der Waals surface area (Å²) in [5.74, 6) is 0.380. The van der Waals surface area contributed by atoms with E-state index in [-0.39, 0.29) is 0 Å². The maximum Gasteiger partial charge on any atom is 0.136 e. The minimum atomic E-state index is 0.380. The summed E-state index contributed by atoms with van der Waals surface area (Å²) in [6, 6.07) is 0. The normalized spacial score (nSPS) is 11.8. The molecule has 1 heteroatoms. The number of hydrogen-bond donors (Lipinski definition) is 0. The quantitative estimate of drug-likeness (QED) is 0.0662. The molecule has 0 aromatic carbocycles. The van der Waals surface area contributed by atoms with E-state index in [1.807, 2.05) is 6.42 Å². The Morgan fingerprint density at radius 2 is 0.676 bits per heavy atom. The highest BCUT2D eigenvalue weighted by molar-refractivity contribution is 5.86. The number of allylic oxidation sites excluding steroid dienone is 4. The van der Waals surface area contributed by atoms with Crippen LogP contribution in [-0.2, 0) is 4.79 Å². The molecule has 0 bridgehead atoms. The summed E-state index contributed by atoms with van der Waals surface area (Å²) in [5, 5.41) is 0. The van der Waals surface area contributed by atoms with Gasteiger partial charge in [0.1, 0.15) is 5.78 Å². The van der Waals surface area contributed by atoms with E-state index < -0.39 is 0 Å². The molecule has 0 atom stereocenters. The molecule has 0 unspecified atom stereocenters. The zero-order valence-electron chi connectivity index (χ0n) is 25.6. The van der Waals surface area contributed by atoms with E-state index in [1.165, 1.54) is 161 Å². The fraction of sp³-hybridized carbons (Fsp3) is 0.833. The van der Waals surface area contributed by atoms with Crippen molar-refractivity contribution in [2.24, 2.45) is 0 Å². The van der Waals surface area contributed by atoms with Crippen LogP contribution in [0.25, 0.3) is 0 Å². The number of carbonyl (C=O) groups excluding carboxylic acids is 1. The molecule has 0 saturated heterocycles. The molecule has 37 heavy (non-hydrogen) atoms. The predicted octanol–water partition coefficient (Wildman–Crippen LogP) is 12.8. The Hall–Kier alpha value is -0.850. The Morgan fingerprint density at radius 3 is 1.05 bits per heavy atom. The van der Waals surface area contributed by atoms with Crippen LogP contribution < -0.4 is 0 Å². The second kappa shape index (κ2) is 33.2. The van der Waals surface area contributed by atoms with Gasteiger partial charge in [0.25, 0.3) is 0 Å². The second-order valence-electron chi connectivity index (χ2n) is 11.4. The molecule has 0 fully saturated rings. The van der Waals surface area contributed by atoms with Gasteiger partial charge < -0.3 is 0 Å². The van der Waals surface area contributed by atoms with E-state index in [1.54, 1.807) is 0 Å². The largest absolute Gasteiger partial charge is 0.299 e. The predicted molar refractivity (Wildman–Crippen MR) is 168 cm³/mol. The minimum absolute atomic E-state index is 0.380. The van der Waals surface area contributed by atoms with Gasteiger partial charge >= 0.3 is 0 Å². The van der Waals surface area contributed by atoms with Crippen LogP contribution in [0.3, 0.4) is 0 Å². The molecule has 217 valence electrons. The Balaban J connectivity index is 3.24. The van der Waals surface area contributed by atoms with Gasteiger partial charge in [-0.05, 0) is 64.2 Å². The van der Waals surface area contributed by atoms with Crippen molar-refractivity contribution in [2.75, 3.05) is 0 Å². The summed E-state index contributed by atoms with van der Waals surface area (Å²) in [7, 11) is 0. The van der Waals surface area contributed by atoms with Gasteiger partial charge in [-0.25, -0.2) is 0 Å². The van der Waals surface area contributed by atoms with Gasteiger partial charge in [0.15, 0.2) is 0 Å². The number of unbranched alkanes of at least 4 members (excludes halogenated alkanes) is 23. The van der Waals surface area contributed by atoms with Crippen molar-refractivity contribution in [3.63, 3.8) is 0 Å². The van der Waals surface area contributed by atoms with Gasteiger partial charge in [-0.3, -0.25) is 4.79 Å². The molecule has 0 aliphatic carbocycles. The van der Waals surface area contributed by atoms with Crippen LogP contribution in [-0.4, -0.2) is 5.78 Å². The third-order valence-electron chi connectivity index (χ3n) is 7.52. The van der Waals surface area contributed by atoms with Crippen LogP contribution in [0.2, 0.25) is 0 Å². The van der Waals surface area contributed by atoms with E-state index in [4.69, 9.17) is 0 Å². The fourth-order valence-corrected chi connectivity index (χ4v) is 4.95. The molecule has 1 nitrogen and oxygen atoms in total. The molecule has 0 heterocycles. The SMILES string of the molecule is CCCCCCCC/C=C\CCCCCCC[CH]C(=O)CCCCCCC=CCCCCCCCCC. The van der Waals surface area contributed by atoms with Gasteiger partial charge in [0.05, 0.1) is 0 Å². The fourth-order valence-electron chi connectivity index (χ4n) is 4.95. The lowest BCUT2D eigenvalue weighted by Crippen LogP contribution is -1.98. The average molecular weight is 516 g/mol. The van der Waals surface area contributed by atoms with Crippen molar-refractivity contribution in [1.82, 2.24) is 0 Å². The molecular formula is C36H67O. The van der Waals surface area contributed by atoms with Crippen LogP contribution in [0.15, 0.2) is 24.3 Å². The molecule has 0 saturated carbocycles. The van der Waals surface area contributed by atoms with Crippen molar-refractivity contribution in [3.05, 3.63) is 30.7 Å². The monoisotopic (exact) mass is 516 g/mol. The molecule has 0 aliphatic heterocycles. The van der Waals surface area contributed by atoms with Crippen LogP contribution in [0.5, 0.6) is 0 Å². The van der Waals surface area contributed by atoms with Crippen LogP contribution >= 0.6 is 0 Å². The lowest BCUT2D eigenvalue weighted by Gasteiger charge is -2.02. The standard InChI is InChI=1S/C36H67O/c1-3-5-7-9-11-13-15-17-19-21-23-25-27-29-31-33-35-36(37)34-32-30-28-26-24-22-20-18-16-14-12-10-8-6-4-2/h17,19-20,22,35H,3-16,18,21,23-34H2,1-2H3/b19-17-,22-20?. The zero-order chi connectivity index (χ0) is 26.9. The highest BCUT2D eigenvalue weighted by Gasteiger charge is 2.02. The summed E-state index contributed by atoms with van der Waals surface area (Å²) in [6.07, 6.45) is 47.7. The lowest BCUT2D eigenvalue weighted by atomic mass is 10.0. The van der Waals surface area contributed by atoms with E-state index in [0.29, 0.717) is 5.78 Å². The van der Waals surface area contributed by atoms with Crippen molar-refractivity contribution < 1.29 is 4.79 Å². The molecule has 0 aromatic rings. The summed E-state index contributed by atoms with van der Waals surface area (Å²) in [4.78, 5) is 12.1. The highest BCUT2D eigenvalue weighted by Crippen LogP contribution is 2.13. The number of ketones is 1. The first-order valence-electron chi connectivity index (χ1n) is 17.0. The van der Waals surface area contributed by atoms with Gasteiger partial charge in [-0.15, -0.1) is 0 Å². The molecule has 0 rings (SSSR count). The molecule has 0 amide bonds. The first-order valence-corrected chi connectivity index (χ1v) is 17.0. The lowest BCUT2D eigenvalue weighted by molar-refractivity contribution is -0.116. The molecule has 0 aromatic heterocycles. The van der Waals surface area contributed by atoms with Gasteiger partial charge in [0.2, 0.25) is 0 Å². The topological polar surface area (TPSA) is 17.1 Å². The average Bonchev–Trinajstić information content (AvgIpc) is 2.90.